The standard InChI is InChI=1S/C23H33ClN2O/c1-3-5-6-7-8-9-10-19-17-25-23(26-18-19)20-11-13-22(14-12-20)27-16-15-21(24)4-2/h11-14,17-18,21H,3-10,15-16H2,1-2H3. The van der Waals surface area contributed by atoms with Crippen molar-refractivity contribution in [2.45, 2.75) is 77.0 Å². The second-order valence-electron chi connectivity index (χ2n) is 7.10. The molecule has 1 aromatic carbocycles. The van der Waals surface area contributed by atoms with Crippen molar-refractivity contribution in [1.82, 2.24) is 9.97 Å². The second-order valence-corrected chi connectivity index (χ2v) is 7.72. The second kappa shape index (κ2) is 12.7. The molecule has 0 spiro atoms. The van der Waals surface area contributed by atoms with Crippen molar-refractivity contribution < 1.29 is 4.74 Å². The van der Waals surface area contributed by atoms with Gasteiger partial charge in [0.1, 0.15) is 5.75 Å². The Morgan fingerprint density at radius 1 is 0.926 bits per heavy atom. The van der Waals surface area contributed by atoms with Crippen LogP contribution in [0.5, 0.6) is 5.75 Å². The molecule has 0 bridgehead atoms. The van der Waals surface area contributed by atoms with Gasteiger partial charge in [0.25, 0.3) is 0 Å². The third-order valence-corrected chi connectivity index (χ3v) is 5.31. The van der Waals surface area contributed by atoms with Gasteiger partial charge in [-0.05, 0) is 55.5 Å². The quantitative estimate of drug-likeness (QED) is 0.278. The van der Waals surface area contributed by atoms with Crippen LogP contribution in [0.1, 0.15) is 70.8 Å². The fraction of sp³-hybridized carbons (Fsp3) is 0.565. The van der Waals surface area contributed by atoms with Crippen molar-refractivity contribution in [2.75, 3.05) is 6.61 Å². The zero-order chi connectivity index (χ0) is 19.3. The van der Waals surface area contributed by atoms with Crippen LogP contribution in [0.2, 0.25) is 0 Å². The predicted molar refractivity (Wildman–Crippen MR) is 115 cm³/mol. The van der Waals surface area contributed by atoms with E-state index in [1.807, 2.05) is 36.7 Å². The van der Waals surface area contributed by atoms with Crippen LogP contribution in [0.25, 0.3) is 11.4 Å². The Labute approximate surface area is 169 Å². The van der Waals surface area contributed by atoms with E-state index >= 15 is 0 Å². The molecular weight excluding hydrogens is 356 g/mol. The third kappa shape index (κ3) is 8.30. The Morgan fingerprint density at radius 3 is 2.26 bits per heavy atom. The van der Waals surface area contributed by atoms with Crippen LogP contribution in [-0.2, 0) is 6.42 Å². The molecule has 27 heavy (non-hydrogen) atoms. The molecule has 4 heteroatoms. The van der Waals surface area contributed by atoms with Crippen molar-refractivity contribution in [2.24, 2.45) is 0 Å². The minimum atomic E-state index is 0.188. The monoisotopic (exact) mass is 388 g/mol. The first-order valence-electron chi connectivity index (χ1n) is 10.4. The average molecular weight is 389 g/mol. The molecule has 0 aliphatic rings. The van der Waals surface area contributed by atoms with E-state index in [4.69, 9.17) is 16.3 Å². The lowest BCUT2D eigenvalue weighted by molar-refractivity contribution is 0.307. The molecule has 1 unspecified atom stereocenters. The van der Waals surface area contributed by atoms with Gasteiger partial charge in [-0.25, -0.2) is 9.97 Å². The third-order valence-electron chi connectivity index (χ3n) is 4.78. The summed E-state index contributed by atoms with van der Waals surface area (Å²) in [6, 6.07) is 7.96. The summed E-state index contributed by atoms with van der Waals surface area (Å²) in [7, 11) is 0. The molecule has 1 atom stereocenters. The molecule has 0 aliphatic heterocycles. The maximum atomic E-state index is 6.11. The molecule has 1 aromatic heterocycles. The maximum absolute atomic E-state index is 6.11. The summed E-state index contributed by atoms with van der Waals surface area (Å²) in [5.41, 5.74) is 2.23. The van der Waals surface area contributed by atoms with Gasteiger partial charge in [0.05, 0.1) is 6.61 Å². The first-order chi connectivity index (χ1) is 13.2. The highest BCUT2D eigenvalue weighted by Crippen LogP contribution is 2.20. The molecule has 1 heterocycles. The number of benzene rings is 1. The number of alkyl halides is 1. The van der Waals surface area contributed by atoms with Gasteiger partial charge in [-0.3, -0.25) is 0 Å². The highest BCUT2D eigenvalue weighted by molar-refractivity contribution is 6.20. The van der Waals surface area contributed by atoms with Gasteiger partial charge in [0.15, 0.2) is 5.82 Å². The van der Waals surface area contributed by atoms with Crippen LogP contribution in [0.4, 0.5) is 0 Å². The molecule has 0 fully saturated rings. The largest absolute Gasteiger partial charge is 0.494 e. The lowest BCUT2D eigenvalue weighted by Gasteiger charge is -2.09. The number of aromatic nitrogens is 2. The van der Waals surface area contributed by atoms with E-state index in [9.17, 15) is 0 Å². The minimum Gasteiger partial charge on any atom is -0.494 e. The zero-order valence-corrected chi connectivity index (χ0v) is 17.5. The summed E-state index contributed by atoms with van der Waals surface area (Å²) >= 11 is 6.11. The summed E-state index contributed by atoms with van der Waals surface area (Å²) in [6.45, 7) is 4.99. The molecule has 0 amide bonds. The Morgan fingerprint density at radius 2 is 1.59 bits per heavy atom. The predicted octanol–water partition coefficient (Wildman–Crippen LogP) is 6.83. The highest BCUT2D eigenvalue weighted by Gasteiger charge is 2.04. The number of hydrogen-bond acceptors (Lipinski definition) is 3. The number of hydrogen-bond donors (Lipinski definition) is 0. The number of nitrogens with zero attached hydrogens (tertiary/aromatic N) is 2. The van der Waals surface area contributed by atoms with Crippen LogP contribution in [0.3, 0.4) is 0 Å². The van der Waals surface area contributed by atoms with E-state index in [-0.39, 0.29) is 5.38 Å². The summed E-state index contributed by atoms with van der Waals surface area (Å²) in [4.78, 5) is 9.07. The lowest BCUT2D eigenvalue weighted by atomic mass is 10.1. The first-order valence-corrected chi connectivity index (χ1v) is 10.8. The molecular formula is C23H33ClN2O. The Kier molecular flexibility index (Phi) is 10.2. The SMILES string of the molecule is CCCCCCCCc1cnc(-c2ccc(OCCC(Cl)CC)cc2)nc1. The fourth-order valence-corrected chi connectivity index (χ4v) is 3.04. The number of aryl methyl sites for hydroxylation is 1. The molecule has 3 nitrogen and oxygen atoms in total. The summed E-state index contributed by atoms with van der Waals surface area (Å²) in [5, 5.41) is 0.188. The summed E-state index contributed by atoms with van der Waals surface area (Å²) in [5.74, 6) is 1.62. The Balaban J connectivity index is 1.77. The van der Waals surface area contributed by atoms with E-state index in [0.29, 0.717) is 6.61 Å². The van der Waals surface area contributed by atoms with Gasteiger partial charge in [0.2, 0.25) is 0 Å². The molecule has 148 valence electrons. The molecule has 0 N–H and O–H groups in total. The molecule has 0 aliphatic carbocycles. The van der Waals surface area contributed by atoms with Crippen LogP contribution in [0.15, 0.2) is 36.7 Å². The van der Waals surface area contributed by atoms with E-state index in [2.05, 4.69) is 23.8 Å². The van der Waals surface area contributed by atoms with Gasteiger partial charge >= 0.3 is 0 Å². The van der Waals surface area contributed by atoms with E-state index in [1.165, 1.54) is 44.1 Å². The average Bonchev–Trinajstić information content (AvgIpc) is 2.71. The van der Waals surface area contributed by atoms with Gasteiger partial charge in [-0.2, -0.15) is 0 Å². The zero-order valence-electron chi connectivity index (χ0n) is 16.8. The molecule has 0 saturated heterocycles. The van der Waals surface area contributed by atoms with Crippen molar-refractivity contribution >= 4 is 11.6 Å². The number of unbranched alkanes of at least 4 members (excludes halogenated alkanes) is 5. The molecule has 0 saturated carbocycles. The highest BCUT2D eigenvalue weighted by atomic mass is 35.5. The topological polar surface area (TPSA) is 35.0 Å². The van der Waals surface area contributed by atoms with Crippen LogP contribution >= 0.6 is 11.6 Å². The van der Waals surface area contributed by atoms with Gasteiger partial charge in [-0.15, -0.1) is 11.6 Å². The molecule has 2 rings (SSSR count). The Bertz CT molecular complexity index is 628. The number of ether oxygens (including phenoxy) is 1. The number of rotatable bonds is 13. The fourth-order valence-electron chi connectivity index (χ4n) is 2.95. The van der Waals surface area contributed by atoms with Gasteiger partial charge in [-0.1, -0.05) is 46.0 Å². The van der Waals surface area contributed by atoms with Gasteiger partial charge < -0.3 is 4.74 Å². The smallest absolute Gasteiger partial charge is 0.159 e. The Hall–Kier alpha value is -1.61. The number of halogens is 1. The molecule has 2 aromatic rings. The van der Waals surface area contributed by atoms with E-state index < -0.39 is 0 Å². The lowest BCUT2D eigenvalue weighted by Crippen LogP contribution is -2.05. The maximum Gasteiger partial charge on any atom is 0.159 e. The molecule has 0 radical (unpaired) electrons. The van der Waals surface area contributed by atoms with E-state index in [1.54, 1.807) is 0 Å². The van der Waals surface area contributed by atoms with Gasteiger partial charge in [0, 0.05) is 23.3 Å². The minimum absolute atomic E-state index is 0.188. The van der Waals surface area contributed by atoms with E-state index in [0.717, 1.165) is 36.4 Å². The summed E-state index contributed by atoms with van der Waals surface area (Å²) < 4.78 is 5.74. The summed E-state index contributed by atoms with van der Waals surface area (Å²) in [6.07, 6.45) is 14.7. The normalized spacial score (nSPS) is 12.1. The van der Waals surface area contributed by atoms with Crippen LogP contribution in [0, 0.1) is 0 Å². The first kappa shape index (κ1) is 21.7. The van der Waals surface area contributed by atoms with Crippen LogP contribution < -0.4 is 4.74 Å². The van der Waals surface area contributed by atoms with Crippen molar-refractivity contribution in [1.29, 1.82) is 0 Å². The van der Waals surface area contributed by atoms with Crippen molar-refractivity contribution in [3.63, 3.8) is 0 Å². The van der Waals surface area contributed by atoms with Crippen molar-refractivity contribution in [3.8, 4) is 17.1 Å². The van der Waals surface area contributed by atoms with Crippen molar-refractivity contribution in [3.05, 3.63) is 42.2 Å². The van der Waals surface area contributed by atoms with Crippen LogP contribution in [-0.4, -0.2) is 22.0 Å².